The molecule has 0 amide bonds. The van der Waals surface area contributed by atoms with Crippen LogP contribution in [0.4, 0.5) is 5.69 Å². The Morgan fingerprint density at radius 1 is 1.14 bits per heavy atom. The highest BCUT2D eigenvalue weighted by Gasteiger charge is 2.36. The average Bonchev–Trinajstić information content (AvgIpc) is 3.46. The summed E-state index contributed by atoms with van der Waals surface area (Å²) in [5.41, 5.74) is 1.49. The smallest absolute Gasteiger partial charge is 0.244 e. The Balaban J connectivity index is 1.53. The molecule has 2 aliphatic rings. The fraction of sp³-hybridized carbons (Fsp3) is 0.333. The van der Waals surface area contributed by atoms with E-state index in [2.05, 4.69) is 14.3 Å². The molecule has 0 bridgehead atoms. The summed E-state index contributed by atoms with van der Waals surface area (Å²) in [6.07, 6.45) is 3.24. The number of rotatable bonds is 6. The minimum atomic E-state index is -3.56. The first-order chi connectivity index (χ1) is 13.2. The minimum Gasteiger partial charge on any atom is -0.457 e. The van der Waals surface area contributed by atoms with E-state index in [4.69, 9.17) is 4.74 Å². The number of ether oxygens (including phenoxy) is 1. The molecule has 2 aromatic carbocycles. The molecule has 0 spiro atoms. The SMILES string of the molecule is CS(=O)(=O)NCc1ccc(Oc2ccc3c(c2)S(=O)(=O)NCN3C2CC2)cc1. The lowest BCUT2D eigenvalue weighted by Gasteiger charge is -2.31. The Labute approximate surface area is 164 Å². The van der Waals surface area contributed by atoms with Gasteiger partial charge in [0.05, 0.1) is 18.6 Å². The van der Waals surface area contributed by atoms with Crippen molar-refractivity contribution in [3.05, 3.63) is 48.0 Å². The summed E-state index contributed by atoms with van der Waals surface area (Å²) in [6.45, 7) is 0.488. The lowest BCUT2D eigenvalue weighted by molar-refractivity contribution is 0.479. The van der Waals surface area contributed by atoms with Crippen LogP contribution in [-0.2, 0) is 26.6 Å². The van der Waals surface area contributed by atoms with Crippen molar-refractivity contribution in [3.8, 4) is 11.5 Å². The van der Waals surface area contributed by atoms with Gasteiger partial charge in [-0.25, -0.2) is 21.6 Å². The molecule has 4 rings (SSSR count). The van der Waals surface area contributed by atoms with E-state index in [1.807, 2.05) is 0 Å². The second kappa shape index (κ2) is 7.03. The molecule has 150 valence electrons. The quantitative estimate of drug-likeness (QED) is 0.733. The van der Waals surface area contributed by atoms with Gasteiger partial charge in [0.2, 0.25) is 20.0 Å². The lowest BCUT2D eigenvalue weighted by Crippen LogP contribution is -2.44. The maximum Gasteiger partial charge on any atom is 0.244 e. The maximum atomic E-state index is 12.4. The number of hydrogen-bond donors (Lipinski definition) is 2. The second-order valence-electron chi connectivity index (χ2n) is 6.98. The van der Waals surface area contributed by atoms with Crippen LogP contribution in [0.1, 0.15) is 18.4 Å². The number of fused-ring (bicyclic) bond motifs is 1. The van der Waals surface area contributed by atoms with Gasteiger partial charge in [0.25, 0.3) is 0 Å². The Morgan fingerprint density at radius 2 is 1.82 bits per heavy atom. The molecule has 1 aliphatic carbocycles. The number of anilines is 1. The zero-order valence-corrected chi connectivity index (χ0v) is 16.9. The number of benzene rings is 2. The van der Waals surface area contributed by atoms with Gasteiger partial charge >= 0.3 is 0 Å². The number of sulfonamides is 2. The monoisotopic (exact) mass is 423 g/mol. The number of nitrogens with one attached hydrogen (secondary N) is 2. The Bertz CT molecular complexity index is 1090. The molecule has 1 heterocycles. The van der Waals surface area contributed by atoms with Crippen molar-refractivity contribution in [2.45, 2.75) is 30.3 Å². The largest absolute Gasteiger partial charge is 0.457 e. The zero-order valence-electron chi connectivity index (χ0n) is 15.3. The van der Waals surface area contributed by atoms with E-state index in [0.29, 0.717) is 29.9 Å². The van der Waals surface area contributed by atoms with Gasteiger partial charge in [-0.3, -0.25) is 0 Å². The van der Waals surface area contributed by atoms with E-state index in [0.717, 1.165) is 24.7 Å². The summed E-state index contributed by atoms with van der Waals surface area (Å²) >= 11 is 0. The third kappa shape index (κ3) is 4.30. The van der Waals surface area contributed by atoms with Crippen LogP contribution in [0, 0.1) is 0 Å². The summed E-state index contributed by atoms with van der Waals surface area (Å²) in [5.74, 6) is 0.951. The van der Waals surface area contributed by atoms with Crippen molar-refractivity contribution in [2.75, 3.05) is 17.8 Å². The zero-order chi connectivity index (χ0) is 19.9. The molecule has 0 saturated heterocycles. The molecule has 1 fully saturated rings. The molecule has 0 unspecified atom stereocenters. The van der Waals surface area contributed by atoms with E-state index in [1.54, 1.807) is 36.4 Å². The fourth-order valence-corrected chi connectivity index (χ4v) is 4.69. The molecule has 2 aromatic rings. The number of hydrogen-bond acceptors (Lipinski definition) is 6. The van der Waals surface area contributed by atoms with Crippen molar-refractivity contribution in [1.29, 1.82) is 0 Å². The van der Waals surface area contributed by atoms with Crippen molar-refractivity contribution in [1.82, 2.24) is 9.44 Å². The van der Waals surface area contributed by atoms with Crippen molar-refractivity contribution in [3.63, 3.8) is 0 Å². The fourth-order valence-electron chi connectivity index (χ4n) is 3.07. The highest BCUT2D eigenvalue weighted by atomic mass is 32.2. The van der Waals surface area contributed by atoms with Crippen LogP contribution in [-0.4, -0.2) is 35.8 Å². The molecule has 2 N–H and O–H groups in total. The van der Waals surface area contributed by atoms with Gasteiger partial charge in [-0.2, -0.15) is 4.72 Å². The molecule has 1 saturated carbocycles. The van der Waals surface area contributed by atoms with Gasteiger partial charge in [0.1, 0.15) is 16.4 Å². The van der Waals surface area contributed by atoms with Crippen LogP contribution in [0.2, 0.25) is 0 Å². The van der Waals surface area contributed by atoms with Gasteiger partial charge in [0.15, 0.2) is 0 Å². The standard InChI is InChI=1S/C18H21N3O5S2/c1-27(22,23)19-11-13-2-6-15(7-3-13)26-16-8-9-17-18(10-16)28(24,25)20-12-21(17)14-4-5-14/h2-3,6-10,14,19-20H,4-5,11-12H2,1H3. The predicted octanol–water partition coefficient (Wildman–Crippen LogP) is 1.75. The van der Waals surface area contributed by atoms with E-state index >= 15 is 0 Å². The Hall–Kier alpha value is -2.14. The second-order valence-corrected chi connectivity index (χ2v) is 10.5. The Morgan fingerprint density at radius 3 is 2.46 bits per heavy atom. The highest BCUT2D eigenvalue weighted by molar-refractivity contribution is 7.89. The Kier molecular flexibility index (Phi) is 4.82. The first kappa shape index (κ1) is 19.2. The van der Waals surface area contributed by atoms with E-state index in [-0.39, 0.29) is 11.4 Å². The topological polar surface area (TPSA) is 105 Å². The molecular formula is C18H21N3O5S2. The van der Waals surface area contributed by atoms with Crippen LogP contribution in [0.25, 0.3) is 0 Å². The van der Waals surface area contributed by atoms with Crippen molar-refractivity contribution >= 4 is 25.7 Å². The normalized spacial score (nSPS) is 18.5. The summed E-state index contributed by atoms with van der Waals surface area (Å²) in [4.78, 5) is 2.29. The van der Waals surface area contributed by atoms with E-state index < -0.39 is 20.0 Å². The van der Waals surface area contributed by atoms with E-state index in [9.17, 15) is 16.8 Å². The summed E-state index contributed by atoms with van der Waals surface area (Å²) in [6, 6.07) is 12.4. The molecule has 8 nitrogen and oxygen atoms in total. The highest BCUT2D eigenvalue weighted by Crippen LogP contribution is 2.39. The maximum absolute atomic E-state index is 12.4. The summed E-state index contributed by atoms with van der Waals surface area (Å²) in [7, 11) is -6.82. The summed E-state index contributed by atoms with van der Waals surface area (Å²) in [5, 5.41) is 0. The van der Waals surface area contributed by atoms with Crippen LogP contribution < -0.4 is 19.1 Å². The molecule has 0 radical (unpaired) electrons. The molecule has 10 heteroatoms. The predicted molar refractivity (Wildman–Crippen MR) is 105 cm³/mol. The van der Waals surface area contributed by atoms with Gasteiger partial charge in [-0.05, 0) is 42.7 Å². The van der Waals surface area contributed by atoms with Gasteiger partial charge in [0, 0.05) is 18.7 Å². The van der Waals surface area contributed by atoms with Crippen molar-refractivity contribution in [2.24, 2.45) is 0 Å². The van der Waals surface area contributed by atoms with Crippen LogP contribution in [0.3, 0.4) is 0 Å². The molecular weight excluding hydrogens is 402 g/mol. The van der Waals surface area contributed by atoms with Gasteiger partial charge in [-0.1, -0.05) is 12.1 Å². The average molecular weight is 424 g/mol. The molecule has 1 aliphatic heterocycles. The minimum absolute atomic E-state index is 0.193. The first-order valence-electron chi connectivity index (χ1n) is 8.83. The van der Waals surface area contributed by atoms with Crippen LogP contribution in [0.5, 0.6) is 11.5 Å². The summed E-state index contributed by atoms with van der Waals surface area (Å²) < 4.78 is 58.0. The van der Waals surface area contributed by atoms with Crippen molar-refractivity contribution < 1.29 is 21.6 Å². The first-order valence-corrected chi connectivity index (χ1v) is 12.2. The lowest BCUT2D eigenvalue weighted by atomic mass is 10.2. The molecule has 0 aromatic heterocycles. The van der Waals surface area contributed by atoms with Gasteiger partial charge < -0.3 is 9.64 Å². The van der Waals surface area contributed by atoms with Crippen LogP contribution >= 0.6 is 0 Å². The number of nitrogens with zero attached hydrogens (tertiary/aromatic N) is 1. The van der Waals surface area contributed by atoms with Gasteiger partial charge in [-0.15, -0.1) is 0 Å². The third-order valence-corrected chi connectivity index (χ3v) is 6.72. The van der Waals surface area contributed by atoms with Crippen LogP contribution in [0.15, 0.2) is 47.4 Å². The van der Waals surface area contributed by atoms with E-state index in [1.165, 1.54) is 6.07 Å². The molecule has 28 heavy (non-hydrogen) atoms. The molecule has 0 atom stereocenters. The third-order valence-electron chi connectivity index (χ3n) is 4.64.